The largest absolute Gasteiger partial charge is 0.0845 e. The topological polar surface area (TPSA) is 0 Å². The van der Waals surface area contributed by atoms with Crippen LogP contribution in [0.5, 0.6) is 0 Å². The minimum atomic E-state index is 1.22. The molecule has 0 unspecified atom stereocenters. The van der Waals surface area contributed by atoms with Gasteiger partial charge in [-0.15, -0.1) is 0 Å². The maximum Gasteiger partial charge on any atom is -0.0317 e. The normalized spacial score (nSPS) is 12.4. The zero-order chi connectivity index (χ0) is 14.9. The van der Waals surface area contributed by atoms with E-state index in [1.807, 2.05) is 0 Å². The van der Waals surface area contributed by atoms with Gasteiger partial charge in [0.05, 0.1) is 0 Å². The monoisotopic (exact) mass is 278 g/mol. The molecule has 0 aliphatic heterocycles. The molecule has 0 saturated carbocycles. The summed E-state index contributed by atoms with van der Waals surface area (Å²) in [7, 11) is 0. The third-order valence-electron chi connectivity index (χ3n) is 4.00. The van der Waals surface area contributed by atoms with Gasteiger partial charge in [-0.2, -0.15) is 0 Å². The van der Waals surface area contributed by atoms with Crippen molar-refractivity contribution in [3.05, 3.63) is 23.8 Å². The first-order valence-corrected chi connectivity index (χ1v) is 9.19. The Morgan fingerprint density at radius 2 is 1.30 bits per heavy atom. The maximum atomic E-state index is 2.37. The number of hydrogen-bond acceptors (Lipinski definition) is 0. The molecule has 0 aromatic rings. The molecule has 0 heterocycles. The molecule has 0 aliphatic rings. The van der Waals surface area contributed by atoms with Gasteiger partial charge in [0.15, 0.2) is 0 Å². The summed E-state index contributed by atoms with van der Waals surface area (Å²) in [5, 5.41) is 0. The molecule has 0 saturated heterocycles. The van der Waals surface area contributed by atoms with E-state index < -0.39 is 0 Å². The van der Waals surface area contributed by atoms with Crippen molar-refractivity contribution in [2.45, 2.75) is 104 Å². The van der Waals surface area contributed by atoms with E-state index in [4.69, 9.17) is 0 Å². The first-order chi connectivity index (χ1) is 9.85. The van der Waals surface area contributed by atoms with E-state index in [9.17, 15) is 0 Å². The van der Waals surface area contributed by atoms with E-state index in [1.54, 1.807) is 5.57 Å². The predicted octanol–water partition coefficient (Wildman–Crippen LogP) is 7.60. The lowest BCUT2D eigenvalue weighted by Crippen LogP contribution is -1.84. The zero-order valence-electron chi connectivity index (χ0n) is 14.4. The highest BCUT2D eigenvalue weighted by Crippen LogP contribution is 2.14. The van der Waals surface area contributed by atoms with Gasteiger partial charge in [-0.1, -0.05) is 95.9 Å². The van der Waals surface area contributed by atoms with Gasteiger partial charge in [-0.25, -0.2) is 0 Å². The SMILES string of the molecule is CCCCCCC=CC=C(CC)CCCCCCCC. The molecule has 0 spiro atoms. The van der Waals surface area contributed by atoms with E-state index in [1.165, 1.54) is 83.5 Å². The van der Waals surface area contributed by atoms with Crippen molar-refractivity contribution in [3.8, 4) is 0 Å². The molecule has 0 nitrogen and oxygen atoms in total. The summed E-state index contributed by atoms with van der Waals surface area (Å²) in [6.07, 6.45) is 24.7. The third-order valence-corrected chi connectivity index (χ3v) is 4.00. The van der Waals surface area contributed by atoms with E-state index in [2.05, 4.69) is 39.0 Å². The van der Waals surface area contributed by atoms with E-state index in [0.717, 1.165) is 0 Å². The zero-order valence-corrected chi connectivity index (χ0v) is 14.4. The van der Waals surface area contributed by atoms with Gasteiger partial charge < -0.3 is 0 Å². The standard InChI is InChI=1S/C20H38/c1-4-7-9-11-13-15-17-19-20(6-3)18-16-14-12-10-8-5-2/h15,17,19H,4-14,16,18H2,1-3H3. The van der Waals surface area contributed by atoms with Crippen LogP contribution in [-0.4, -0.2) is 0 Å². The molecule has 0 bridgehead atoms. The van der Waals surface area contributed by atoms with Crippen LogP contribution < -0.4 is 0 Å². The summed E-state index contributed by atoms with van der Waals surface area (Å²) < 4.78 is 0. The van der Waals surface area contributed by atoms with Crippen LogP contribution in [0.3, 0.4) is 0 Å². The fraction of sp³-hybridized carbons (Fsp3) is 0.800. The van der Waals surface area contributed by atoms with Crippen LogP contribution in [0.1, 0.15) is 104 Å². The molecule has 0 aromatic carbocycles. The van der Waals surface area contributed by atoms with Gasteiger partial charge in [0.1, 0.15) is 0 Å². The summed E-state index contributed by atoms with van der Waals surface area (Å²) in [4.78, 5) is 0. The molecule has 118 valence electrons. The minimum Gasteiger partial charge on any atom is -0.0845 e. The highest BCUT2D eigenvalue weighted by molar-refractivity contribution is 5.12. The van der Waals surface area contributed by atoms with Crippen molar-refractivity contribution < 1.29 is 0 Å². The Kier molecular flexibility index (Phi) is 16.1. The van der Waals surface area contributed by atoms with E-state index >= 15 is 0 Å². The van der Waals surface area contributed by atoms with Gasteiger partial charge in [-0.3, -0.25) is 0 Å². The summed E-state index contributed by atoms with van der Waals surface area (Å²) in [5.74, 6) is 0. The van der Waals surface area contributed by atoms with Gasteiger partial charge in [0, 0.05) is 0 Å². The van der Waals surface area contributed by atoms with Gasteiger partial charge in [0.25, 0.3) is 0 Å². The Labute approximate surface area is 128 Å². The highest BCUT2D eigenvalue weighted by atomic mass is 14.0. The fourth-order valence-corrected chi connectivity index (χ4v) is 2.50. The molecule has 0 atom stereocenters. The summed E-state index contributed by atoms with van der Waals surface area (Å²) in [6, 6.07) is 0. The van der Waals surface area contributed by atoms with Crippen LogP contribution in [0.25, 0.3) is 0 Å². The van der Waals surface area contributed by atoms with Crippen molar-refractivity contribution in [2.24, 2.45) is 0 Å². The van der Waals surface area contributed by atoms with Crippen molar-refractivity contribution in [1.82, 2.24) is 0 Å². The molecule has 20 heavy (non-hydrogen) atoms. The third kappa shape index (κ3) is 13.9. The summed E-state index contributed by atoms with van der Waals surface area (Å²) in [5.41, 5.74) is 1.63. The first-order valence-electron chi connectivity index (χ1n) is 9.19. The molecule has 0 rings (SSSR count). The first kappa shape index (κ1) is 19.5. The van der Waals surface area contributed by atoms with Crippen LogP contribution >= 0.6 is 0 Å². The van der Waals surface area contributed by atoms with Crippen LogP contribution in [0.2, 0.25) is 0 Å². The molecular weight excluding hydrogens is 240 g/mol. The molecule has 0 aromatic heterocycles. The van der Waals surface area contributed by atoms with Crippen molar-refractivity contribution in [1.29, 1.82) is 0 Å². The second-order valence-corrected chi connectivity index (χ2v) is 5.97. The van der Waals surface area contributed by atoms with Crippen LogP contribution in [0.15, 0.2) is 23.8 Å². The minimum absolute atomic E-state index is 1.22. The van der Waals surface area contributed by atoms with Gasteiger partial charge in [0.2, 0.25) is 0 Å². The second kappa shape index (κ2) is 16.5. The molecule has 0 N–H and O–H groups in total. The molecular formula is C20H38. The summed E-state index contributed by atoms with van der Waals surface area (Å²) in [6.45, 7) is 6.85. The Morgan fingerprint density at radius 1 is 0.700 bits per heavy atom. The predicted molar refractivity (Wildman–Crippen MR) is 94.3 cm³/mol. The fourth-order valence-electron chi connectivity index (χ4n) is 2.50. The number of rotatable bonds is 14. The maximum absolute atomic E-state index is 2.37. The molecule has 0 aliphatic carbocycles. The van der Waals surface area contributed by atoms with E-state index in [0.29, 0.717) is 0 Å². The van der Waals surface area contributed by atoms with Crippen LogP contribution in [-0.2, 0) is 0 Å². The Hall–Kier alpha value is -0.520. The lowest BCUT2D eigenvalue weighted by atomic mass is 10.0. The summed E-state index contributed by atoms with van der Waals surface area (Å²) >= 11 is 0. The second-order valence-electron chi connectivity index (χ2n) is 5.97. The molecule has 0 fully saturated rings. The Balaban J connectivity index is 3.61. The number of hydrogen-bond donors (Lipinski definition) is 0. The van der Waals surface area contributed by atoms with Crippen molar-refractivity contribution >= 4 is 0 Å². The number of allylic oxidation sites excluding steroid dienone is 4. The van der Waals surface area contributed by atoms with Crippen LogP contribution in [0, 0.1) is 0 Å². The molecule has 0 heteroatoms. The quantitative estimate of drug-likeness (QED) is 0.227. The van der Waals surface area contributed by atoms with Crippen molar-refractivity contribution in [2.75, 3.05) is 0 Å². The Bertz CT molecular complexity index is 234. The molecule has 0 amide bonds. The van der Waals surface area contributed by atoms with Crippen molar-refractivity contribution in [3.63, 3.8) is 0 Å². The average Bonchev–Trinajstić information content (AvgIpc) is 2.47. The van der Waals surface area contributed by atoms with E-state index in [-0.39, 0.29) is 0 Å². The van der Waals surface area contributed by atoms with Gasteiger partial charge >= 0.3 is 0 Å². The lowest BCUT2D eigenvalue weighted by molar-refractivity contribution is 0.603. The highest BCUT2D eigenvalue weighted by Gasteiger charge is 1.94. The number of unbranched alkanes of at least 4 members (excludes halogenated alkanes) is 9. The molecule has 0 radical (unpaired) electrons. The smallest absolute Gasteiger partial charge is 0.0317 e. The average molecular weight is 279 g/mol. The van der Waals surface area contributed by atoms with Crippen LogP contribution in [0.4, 0.5) is 0 Å². The Morgan fingerprint density at radius 3 is 1.95 bits per heavy atom. The van der Waals surface area contributed by atoms with Gasteiger partial charge in [-0.05, 0) is 32.1 Å². The lowest BCUT2D eigenvalue weighted by Gasteiger charge is -2.04.